The van der Waals surface area contributed by atoms with E-state index in [1.54, 1.807) is 0 Å². The van der Waals surface area contributed by atoms with Gasteiger partial charge >= 0.3 is 6.09 Å². The molecule has 5 heteroatoms. The molecule has 0 bridgehead atoms. The Kier molecular flexibility index (Phi) is 2.55. The first-order valence-corrected chi connectivity index (χ1v) is 1.76. The molecule has 1 aromatic rings. The molecular formula is C3H4MoN2O2. The van der Waals surface area contributed by atoms with E-state index in [0.29, 0.717) is 0 Å². The van der Waals surface area contributed by atoms with Gasteiger partial charge in [-0.05, 0) is 0 Å². The number of hydrogen-bond acceptors (Lipinski definition) is 1. The van der Waals surface area contributed by atoms with Gasteiger partial charge in [0, 0.05) is 27.3 Å². The minimum atomic E-state index is -0.984. The first-order chi connectivity index (χ1) is 3.30. The summed E-state index contributed by atoms with van der Waals surface area (Å²) in [6, 6.07) is 0. The van der Waals surface area contributed by atoms with Gasteiger partial charge in [0.05, 0.1) is 6.20 Å². The zero-order valence-electron chi connectivity index (χ0n) is 3.87. The van der Waals surface area contributed by atoms with Crippen LogP contribution in [0.2, 0.25) is 0 Å². The third kappa shape index (κ3) is 1.23. The van der Waals surface area contributed by atoms with Crippen molar-refractivity contribution in [1.29, 1.82) is 0 Å². The van der Waals surface area contributed by atoms with Crippen LogP contribution < -0.4 is 0 Å². The Balaban J connectivity index is 0.000000490. The Morgan fingerprint density at radius 2 is 2.25 bits per heavy atom. The van der Waals surface area contributed by atoms with Crippen molar-refractivity contribution < 1.29 is 31.0 Å². The van der Waals surface area contributed by atoms with Gasteiger partial charge in [0.15, 0.2) is 0 Å². The molecule has 0 aromatic carbocycles. The van der Waals surface area contributed by atoms with Gasteiger partial charge in [0.2, 0.25) is 0 Å². The van der Waals surface area contributed by atoms with Crippen molar-refractivity contribution in [2.24, 2.45) is 0 Å². The summed E-state index contributed by atoms with van der Waals surface area (Å²) in [5.74, 6) is 0. The number of carboxylic acid groups (broad SMARTS) is 1. The molecule has 0 aliphatic carbocycles. The van der Waals surface area contributed by atoms with E-state index in [1.807, 2.05) is 0 Å². The molecule has 1 aromatic heterocycles. The molecule has 1 rings (SSSR count). The fraction of sp³-hybridized carbons (Fsp3) is 0. The summed E-state index contributed by atoms with van der Waals surface area (Å²) in [6.45, 7) is 0. The molecule has 0 amide bonds. The third-order valence-electron chi connectivity index (χ3n) is 0.643. The molecule has 0 spiro atoms. The minimum absolute atomic E-state index is 0. The summed E-state index contributed by atoms with van der Waals surface area (Å²) in [4.78, 5) is 9.79. The second-order valence-corrected chi connectivity index (χ2v) is 1.10. The topological polar surface area (TPSA) is 58.0 Å². The van der Waals surface area contributed by atoms with Crippen molar-refractivity contribution in [3.8, 4) is 0 Å². The molecule has 2 N–H and O–H groups in total. The Bertz CT molecular complexity index is 159. The molecule has 0 atom stereocenters. The quantitative estimate of drug-likeness (QED) is 0.587. The van der Waals surface area contributed by atoms with Crippen LogP contribution in [-0.4, -0.2) is 21.0 Å². The molecule has 0 aliphatic rings. The molecule has 4 nitrogen and oxygen atoms in total. The third-order valence-corrected chi connectivity index (χ3v) is 0.643. The smallest absolute Gasteiger partial charge is 0.430 e. The zero-order chi connectivity index (χ0) is 5.28. The van der Waals surface area contributed by atoms with Gasteiger partial charge in [-0.2, -0.15) is 4.68 Å². The number of H-pyrrole nitrogens is 1. The standard InChI is InChI=1S/C3H4N2O2.Mo/c6-3(7)5-2-1-4-5;/h1-2,4H,(H,6,7);. The fourth-order valence-corrected chi connectivity index (χ4v) is 0.268. The molecule has 0 radical (unpaired) electrons. The monoisotopic (exact) mass is 198 g/mol. The van der Waals surface area contributed by atoms with E-state index in [2.05, 4.69) is 5.10 Å². The van der Waals surface area contributed by atoms with E-state index in [9.17, 15) is 4.79 Å². The van der Waals surface area contributed by atoms with Crippen LogP contribution in [0.15, 0.2) is 12.4 Å². The zero-order valence-corrected chi connectivity index (χ0v) is 5.87. The van der Waals surface area contributed by atoms with Crippen molar-refractivity contribution in [3.63, 3.8) is 0 Å². The van der Waals surface area contributed by atoms with Crippen LogP contribution in [-0.2, 0) is 21.1 Å². The number of hydrogen-bond donors (Lipinski definition) is 2. The van der Waals surface area contributed by atoms with Gasteiger partial charge in [0.25, 0.3) is 0 Å². The molecule has 0 fully saturated rings. The Labute approximate surface area is 59.7 Å². The average Bonchev–Trinajstić information content (AvgIpc) is 1.23. The number of nitrogens with zero attached hydrogens (tertiary/aromatic N) is 1. The summed E-state index contributed by atoms with van der Waals surface area (Å²) < 4.78 is 0.958. The molecule has 0 saturated heterocycles. The van der Waals surface area contributed by atoms with E-state index in [-0.39, 0.29) is 21.1 Å². The van der Waals surface area contributed by atoms with E-state index >= 15 is 0 Å². The maximum absolute atomic E-state index is 9.79. The molecule has 44 valence electrons. The summed E-state index contributed by atoms with van der Waals surface area (Å²) in [7, 11) is 0. The maximum atomic E-state index is 9.79. The molecular weight excluding hydrogens is 192 g/mol. The largest absolute Gasteiger partial charge is 0.463 e. The Morgan fingerprint density at radius 1 is 1.75 bits per heavy atom. The van der Waals surface area contributed by atoms with Crippen molar-refractivity contribution >= 4 is 6.09 Å². The van der Waals surface area contributed by atoms with Crippen LogP contribution in [0.3, 0.4) is 0 Å². The second kappa shape index (κ2) is 2.72. The van der Waals surface area contributed by atoms with E-state index in [1.165, 1.54) is 12.4 Å². The minimum Gasteiger partial charge on any atom is -0.463 e. The summed E-state index contributed by atoms with van der Waals surface area (Å²) >= 11 is 0. The van der Waals surface area contributed by atoms with Gasteiger partial charge in [-0.1, -0.05) is 0 Å². The average molecular weight is 196 g/mol. The van der Waals surface area contributed by atoms with Crippen LogP contribution >= 0.6 is 0 Å². The first-order valence-electron chi connectivity index (χ1n) is 1.76. The van der Waals surface area contributed by atoms with Gasteiger partial charge in [0.1, 0.15) is 0 Å². The van der Waals surface area contributed by atoms with Gasteiger partial charge in [-0.3, -0.25) is 5.10 Å². The normalized spacial score (nSPS) is 8.00. The molecule has 0 saturated carbocycles. The summed E-state index contributed by atoms with van der Waals surface area (Å²) in [5.41, 5.74) is 0. The summed E-state index contributed by atoms with van der Waals surface area (Å²) in [6.07, 6.45) is 1.97. The number of aromatic nitrogens is 2. The van der Waals surface area contributed by atoms with Crippen molar-refractivity contribution in [2.75, 3.05) is 0 Å². The van der Waals surface area contributed by atoms with Gasteiger partial charge in [-0.25, -0.2) is 4.79 Å². The number of rotatable bonds is 0. The van der Waals surface area contributed by atoms with Gasteiger partial charge < -0.3 is 5.11 Å². The Hall–Kier alpha value is -0.502. The fourth-order valence-electron chi connectivity index (χ4n) is 0.268. The van der Waals surface area contributed by atoms with E-state index in [0.717, 1.165) is 4.68 Å². The molecule has 1 heterocycles. The molecule has 0 aliphatic heterocycles. The van der Waals surface area contributed by atoms with Gasteiger partial charge in [-0.15, -0.1) is 0 Å². The van der Waals surface area contributed by atoms with Crippen molar-refractivity contribution in [3.05, 3.63) is 12.4 Å². The molecule has 8 heavy (non-hydrogen) atoms. The predicted molar refractivity (Wildman–Crippen MR) is 22.2 cm³/mol. The van der Waals surface area contributed by atoms with Crippen molar-refractivity contribution in [1.82, 2.24) is 9.78 Å². The SMILES string of the molecule is O=C(O)n1cc[nH]1.[Mo]. The second-order valence-electron chi connectivity index (χ2n) is 1.10. The van der Waals surface area contributed by atoms with Crippen LogP contribution in [0.1, 0.15) is 0 Å². The number of aromatic amines is 1. The van der Waals surface area contributed by atoms with Crippen LogP contribution in [0, 0.1) is 0 Å². The number of carbonyl (C=O) groups is 1. The first kappa shape index (κ1) is 7.50. The predicted octanol–water partition coefficient (Wildman–Crippen LogP) is 0.340. The summed E-state index contributed by atoms with van der Waals surface area (Å²) in [5, 5.41) is 10.4. The van der Waals surface area contributed by atoms with E-state index < -0.39 is 6.09 Å². The molecule has 0 unspecified atom stereocenters. The van der Waals surface area contributed by atoms with Crippen LogP contribution in [0.4, 0.5) is 4.79 Å². The Morgan fingerprint density at radius 3 is 2.25 bits per heavy atom. The number of nitrogens with one attached hydrogen (secondary N) is 1. The van der Waals surface area contributed by atoms with Crippen LogP contribution in [0.5, 0.6) is 0 Å². The van der Waals surface area contributed by atoms with E-state index in [4.69, 9.17) is 5.11 Å². The van der Waals surface area contributed by atoms with Crippen LogP contribution in [0.25, 0.3) is 0 Å². The van der Waals surface area contributed by atoms with Crippen molar-refractivity contribution in [2.45, 2.75) is 0 Å². The maximum Gasteiger partial charge on any atom is 0.430 e.